The Morgan fingerprint density at radius 3 is 2.24 bits per heavy atom. The fourth-order valence-electron chi connectivity index (χ4n) is 5.01. The predicted octanol–water partition coefficient (Wildman–Crippen LogP) is 10.6. The predicted molar refractivity (Wildman–Crippen MR) is 174 cm³/mol. The van der Waals surface area contributed by atoms with Gasteiger partial charge in [0.15, 0.2) is 0 Å². The second kappa shape index (κ2) is 16.0. The van der Waals surface area contributed by atoms with Gasteiger partial charge in [0, 0.05) is 25.2 Å². The lowest BCUT2D eigenvalue weighted by Gasteiger charge is -2.24. The van der Waals surface area contributed by atoms with Crippen LogP contribution in [0.3, 0.4) is 0 Å². The lowest BCUT2D eigenvalue weighted by Crippen LogP contribution is -2.25. The molecule has 0 fully saturated rings. The average molecular weight is 566 g/mol. The van der Waals surface area contributed by atoms with E-state index in [0.717, 1.165) is 46.9 Å². The monoisotopic (exact) mass is 565 g/mol. The van der Waals surface area contributed by atoms with Gasteiger partial charge in [0.1, 0.15) is 0 Å². The number of hydrogen-bond acceptors (Lipinski definition) is 6. The molecule has 1 aliphatic rings. The maximum Gasteiger partial charge on any atom is 0.230 e. The van der Waals surface area contributed by atoms with Gasteiger partial charge >= 0.3 is 0 Å². The highest BCUT2D eigenvalue weighted by Gasteiger charge is 2.18. The van der Waals surface area contributed by atoms with Crippen molar-refractivity contribution >= 4 is 39.5 Å². The molecule has 0 amide bonds. The molecule has 0 saturated heterocycles. The van der Waals surface area contributed by atoms with Crippen molar-refractivity contribution in [3.63, 3.8) is 0 Å². The van der Waals surface area contributed by atoms with Crippen LogP contribution in [0.4, 0.5) is 16.5 Å². The summed E-state index contributed by atoms with van der Waals surface area (Å²) in [4.78, 5) is 8.29. The largest absolute Gasteiger partial charge is 0.372 e. The molecule has 3 aromatic rings. The summed E-state index contributed by atoms with van der Waals surface area (Å²) in [5, 5.41) is 19.4. The zero-order valence-electron chi connectivity index (χ0n) is 24.9. The maximum absolute atomic E-state index is 9.83. The van der Waals surface area contributed by atoms with Gasteiger partial charge in [0.2, 0.25) is 5.13 Å². The molecule has 0 atom stereocenters. The Labute approximate surface area is 250 Å². The zero-order chi connectivity index (χ0) is 28.9. The molecule has 5 nitrogen and oxygen atoms in total. The second-order valence-corrected chi connectivity index (χ2v) is 11.8. The van der Waals surface area contributed by atoms with Crippen LogP contribution in [0.5, 0.6) is 0 Å². The molecule has 0 bridgehead atoms. The first-order chi connectivity index (χ1) is 20.1. The Morgan fingerprint density at radius 2 is 1.61 bits per heavy atom. The summed E-state index contributed by atoms with van der Waals surface area (Å²) in [6, 6.07) is 19.2. The topological polar surface area (TPSA) is 64.6 Å². The number of anilines is 1. The molecule has 214 valence electrons. The summed E-state index contributed by atoms with van der Waals surface area (Å²) < 4.78 is 0. The molecule has 4 rings (SSSR count). The molecule has 6 heteroatoms. The van der Waals surface area contributed by atoms with Crippen LogP contribution in [0, 0.1) is 11.3 Å². The number of nitriles is 1. The average Bonchev–Trinajstić information content (AvgIpc) is 3.56. The first-order valence-electron chi connectivity index (χ1n) is 15.3. The van der Waals surface area contributed by atoms with Crippen LogP contribution in [0.15, 0.2) is 70.4 Å². The maximum atomic E-state index is 9.83. The van der Waals surface area contributed by atoms with Crippen LogP contribution in [-0.2, 0) is 12.8 Å². The highest BCUT2D eigenvalue weighted by molar-refractivity contribution is 7.16. The number of benzene rings is 2. The van der Waals surface area contributed by atoms with Gasteiger partial charge in [-0.3, -0.25) is 0 Å². The van der Waals surface area contributed by atoms with Gasteiger partial charge in [-0.15, -0.1) is 10.2 Å². The third kappa shape index (κ3) is 8.96. The van der Waals surface area contributed by atoms with Gasteiger partial charge in [-0.05, 0) is 78.8 Å². The van der Waals surface area contributed by atoms with E-state index >= 15 is 0 Å². The number of allylic oxidation sites excluding steroid dienone is 3. The Hall–Kier alpha value is -3.56. The fraction of sp³-hybridized carbons (Fsp3) is 0.429. The third-order valence-corrected chi connectivity index (χ3v) is 8.40. The van der Waals surface area contributed by atoms with Crippen LogP contribution >= 0.6 is 11.3 Å². The van der Waals surface area contributed by atoms with Crippen molar-refractivity contribution in [1.82, 2.24) is 4.98 Å². The minimum atomic E-state index is 0.668. The molecule has 0 N–H and O–H groups in total. The minimum Gasteiger partial charge on any atom is -0.372 e. The molecule has 0 radical (unpaired) electrons. The molecule has 1 heterocycles. The molecule has 1 aromatic heterocycles. The molecule has 2 aromatic carbocycles. The number of aryl methyl sites for hydroxylation is 1. The fourth-order valence-corrected chi connectivity index (χ4v) is 5.89. The first-order valence-corrected chi connectivity index (χ1v) is 16.1. The molecule has 0 saturated carbocycles. The smallest absolute Gasteiger partial charge is 0.230 e. The van der Waals surface area contributed by atoms with E-state index in [2.05, 4.69) is 84.4 Å². The zero-order valence-corrected chi connectivity index (χ0v) is 25.7. The van der Waals surface area contributed by atoms with E-state index in [-0.39, 0.29) is 0 Å². The van der Waals surface area contributed by atoms with Gasteiger partial charge in [-0.25, -0.2) is 4.98 Å². The number of aromatic nitrogens is 1. The molecule has 0 unspecified atom stereocenters. The van der Waals surface area contributed by atoms with Crippen molar-refractivity contribution in [1.29, 1.82) is 5.26 Å². The van der Waals surface area contributed by atoms with Crippen molar-refractivity contribution in [2.75, 3.05) is 18.0 Å². The molecular formula is C35H43N5S. The Balaban J connectivity index is 1.37. The van der Waals surface area contributed by atoms with Gasteiger partial charge in [-0.2, -0.15) is 5.26 Å². The highest BCUT2D eigenvalue weighted by Crippen LogP contribution is 2.36. The SMILES string of the molecule is CCCCCCc1ccc(/C(C#N)=C/C2=Cc3sc(N=Nc4ccc(N(CCCC)CCCC)cc4)nc3C2)cc1. The number of azo groups is 1. The van der Waals surface area contributed by atoms with Crippen molar-refractivity contribution in [2.45, 2.75) is 85.0 Å². The van der Waals surface area contributed by atoms with Crippen LogP contribution in [0.2, 0.25) is 0 Å². The summed E-state index contributed by atoms with van der Waals surface area (Å²) in [6.45, 7) is 8.90. The summed E-state index contributed by atoms with van der Waals surface area (Å²) in [7, 11) is 0. The molecular weight excluding hydrogens is 522 g/mol. The van der Waals surface area contributed by atoms with Gasteiger partial charge < -0.3 is 4.90 Å². The molecule has 41 heavy (non-hydrogen) atoms. The highest BCUT2D eigenvalue weighted by atomic mass is 32.1. The number of rotatable bonds is 16. The summed E-state index contributed by atoms with van der Waals surface area (Å²) in [6.07, 6.45) is 15.8. The Morgan fingerprint density at radius 1 is 0.902 bits per heavy atom. The standard InChI is InChI=1S/C35H43N5S/c1-4-7-10-11-12-27-13-15-29(16-14-27)30(26-36)23-28-24-33-34(25-28)41-35(37-33)39-38-31-17-19-32(20-18-31)40(21-8-5-2)22-9-6-3/h13-20,23,25H,4-12,21-22,24H2,1-3H3/b30-23+,39-38?. The van der Waals surface area contributed by atoms with E-state index < -0.39 is 0 Å². The van der Waals surface area contributed by atoms with Gasteiger partial charge in [0.05, 0.1) is 27.9 Å². The van der Waals surface area contributed by atoms with E-state index in [9.17, 15) is 5.26 Å². The number of fused-ring (bicyclic) bond motifs is 1. The second-order valence-electron chi connectivity index (χ2n) is 10.8. The number of unbranched alkanes of at least 4 members (excludes halogenated alkanes) is 5. The Kier molecular flexibility index (Phi) is 11.9. The molecule has 0 aliphatic heterocycles. The Bertz CT molecular complexity index is 1370. The van der Waals surface area contributed by atoms with E-state index in [0.29, 0.717) is 17.1 Å². The van der Waals surface area contributed by atoms with Crippen molar-refractivity contribution in [2.24, 2.45) is 10.2 Å². The molecule has 1 aliphatic carbocycles. The molecule has 0 spiro atoms. The van der Waals surface area contributed by atoms with Crippen molar-refractivity contribution in [3.05, 3.63) is 81.9 Å². The quantitative estimate of drug-likeness (QED) is 0.0985. The minimum absolute atomic E-state index is 0.668. The van der Waals surface area contributed by atoms with E-state index in [1.807, 2.05) is 18.2 Å². The normalized spacial score (nSPS) is 12.9. The number of nitrogens with zero attached hydrogens (tertiary/aromatic N) is 5. The first kappa shape index (κ1) is 30.4. The van der Waals surface area contributed by atoms with Crippen molar-refractivity contribution < 1.29 is 0 Å². The summed E-state index contributed by atoms with van der Waals surface area (Å²) >= 11 is 1.55. The third-order valence-electron chi connectivity index (χ3n) is 7.47. The van der Waals surface area contributed by atoms with E-state index in [1.54, 1.807) is 11.3 Å². The lowest BCUT2D eigenvalue weighted by molar-refractivity contribution is 0.667. The van der Waals surface area contributed by atoms with Crippen LogP contribution in [-0.4, -0.2) is 18.1 Å². The van der Waals surface area contributed by atoms with Crippen molar-refractivity contribution in [3.8, 4) is 6.07 Å². The van der Waals surface area contributed by atoms with Gasteiger partial charge in [0.25, 0.3) is 0 Å². The van der Waals surface area contributed by atoms with E-state index in [1.165, 1.54) is 62.6 Å². The van der Waals surface area contributed by atoms with Crippen LogP contribution in [0.25, 0.3) is 11.6 Å². The van der Waals surface area contributed by atoms with Crippen LogP contribution in [0.1, 0.15) is 93.8 Å². The number of hydrogen-bond donors (Lipinski definition) is 0. The summed E-state index contributed by atoms with van der Waals surface area (Å²) in [5.74, 6) is 0. The van der Waals surface area contributed by atoms with Gasteiger partial charge in [-0.1, -0.05) is 88.5 Å². The van der Waals surface area contributed by atoms with Crippen LogP contribution < -0.4 is 4.90 Å². The summed E-state index contributed by atoms with van der Waals surface area (Å²) in [5.41, 5.74) is 7.19. The lowest BCUT2D eigenvalue weighted by atomic mass is 10.00. The number of thiazole rings is 1. The van der Waals surface area contributed by atoms with E-state index in [4.69, 9.17) is 4.98 Å².